The zero-order chi connectivity index (χ0) is 13.0. The van der Waals surface area contributed by atoms with Gasteiger partial charge in [0.05, 0.1) is 18.5 Å². The van der Waals surface area contributed by atoms with Gasteiger partial charge in [-0.15, -0.1) is 0 Å². The summed E-state index contributed by atoms with van der Waals surface area (Å²) in [7, 11) is 0. The molecule has 5 nitrogen and oxygen atoms in total. The summed E-state index contributed by atoms with van der Waals surface area (Å²) >= 11 is 0. The molecule has 1 atom stereocenters. The molecule has 1 N–H and O–H groups in total. The van der Waals surface area contributed by atoms with E-state index in [9.17, 15) is 5.11 Å². The molecule has 0 saturated carbocycles. The van der Waals surface area contributed by atoms with Crippen LogP contribution in [0.2, 0.25) is 0 Å². The number of hydrogen-bond acceptors (Lipinski definition) is 3. The van der Waals surface area contributed by atoms with Crippen LogP contribution in [0.15, 0.2) is 24.8 Å². The fraction of sp³-hybridized carbons (Fsp3) is 0.538. The number of aromatic nitrogens is 4. The number of rotatable bonds is 6. The average molecular weight is 248 g/mol. The third-order valence-corrected chi connectivity index (χ3v) is 2.93. The van der Waals surface area contributed by atoms with Gasteiger partial charge >= 0.3 is 0 Å². The van der Waals surface area contributed by atoms with Gasteiger partial charge in [-0.2, -0.15) is 10.2 Å². The van der Waals surface area contributed by atoms with Gasteiger partial charge in [0.15, 0.2) is 0 Å². The van der Waals surface area contributed by atoms with Crippen LogP contribution in [0.25, 0.3) is 0 Å². The molecule has 2 rings (SSSR count). The zero-order valence-corrected chi connectivity index (χ0v) is 11.0. The summed E-state index contributed by atoms with van der Waals surface area (Å²) in [6.07, 6.45) is 8.55. The predicted molar refractivity (Wildman–Crippen MR) is 69.1 cm³/mol. The van der Waals surface area contributed by atoms with Crippen molar-refractivity contribution in [1.82, 2.24) is 19.6 Å². The first kappa shape index (κ1) is 12.8. The van der Waals surface area contributed by atoms with Crippen molar-refractivity contribution in [1.29, 1.82) is 0 Å². The molecule has 0 bridgehead atoms. The van der Waals surface area contributed by atoms with E-state index in [4.69, 9.17) is 0 Å². The minimum absolute atomic E-state index is 0.509. The highest BCUT2D eigenvalue weighted by molar-refractivity contribution is 5.14. The standard InChI is InChI=1S/C13H20N4O/c1-3-5-17-10-12(8-15-17)13(18)6-11-7-14-16(4-2)9-11/h7-10,13,18H,3-6H2,1-2H3. The minimum atomic E-state index is -0.509. The second-order valence-corrected chi connectivity index (χ2v) is 4.46. The fourth-order valence-corrected chi connectivity index (χ4v) is 1.93. The Morgan fingerprint density at radius 1 is 1.17 bits per heavy atom. The Labute approximate surface area is 107 Å². The van der Waals surface area contributed by atoms with Crippen molar-refractivity contribution < 1.29 is 5.11 Å². The van der Waals surface area contributed by atoms with E-state index in [1.54, 1.807) is 6.20 Å². The lowest BCUT2D eigenvalue weighted by molar-refractivity contribution is 0.178. The second kappa shape index (κ2) is 5.82. The molecule has 2 aromatic rings. The Morgan fingerprint density at radius 3 is 2.61 bits per heavy atom. The van der Waals surface area contributed by atoms with Crippen LogP contribution in [0.3, 0.4) is 0 Å². The lowest BCUT2D eigenvalue weighted by Crippen LogP contribution is -2.01. The molecule has 0 fully saturated rings. The van der Waals surface area contributed by atoms with Crippen LogP contribution in [0.4, 0.5) is 0 Å². The van der Waals surface area contributed by atoms with Crippen LogP contribution in [-0.4, -0.2) is 24.7 Å². The summed E-state index contributed by atoms with van der Waals surface area (Å²) in [5, 5.41) is 18.6. The van der Waals surface area contributed by atoms with E-state index in [1.165, 1.54) is 0 Å². The van der Waals surface area contributed by atoms with Crippen molar-refractivity contribution >= 4 is 0 Å². The van der Waals surface area contributed by atoms with Gasteiger partial charge in [0, 0.05) is 37.5 Å². The van der Waals surface area contributed by atoms with Crippen molar-refractivity contribution in [3.8, 4) is 0 Å². The summed E-state index contributed by atoms with van der Waals surface area (Å²) < 4.78 is 3.73. The smallest absolute Gasteiger partial charge is 0.0861 e. The van der Waals surface area contributed by atoms with Gasteiger partial charge in [-0.05, 0) is 18.9 Å². The van der Waals surface area contributed by atoms with Crippen molar-refractivity contribution in [3.05, 3.63) is 35.9 Å². The number of nitrogens with zero attached hydrogens (tertiary/aromatic N) is 4. The molecule has 98 valence electrons. The Morgan fingerprint density at radius 2 is 1.94 bits per heavy atom. The normalized spacial score (nSPS) is 12.8. The highest BCUT2D eigenvalue weighted by Gasteiger charge is 2.12. The van der Waals surface area contributed by atoms with Crippen molar-refractivity contribution in [2.75, 3.05) is 0 Å². The van der Waals surface area contributed by atoms with E-state index >= 15 is 0 Å². The third kappa shape index (κ3) is 2.98. The molecule has 5 heteroatoms. The molecule has 0 amide bonds. The quantitative estimate of drug-likeness (QED) is 0.848. The number of aliphatic hydroxyl groups excluding tert-OH is 1. The Balaban J connectivity index is 1.99. The van der Waals surface area contributed by atoms with Gasteiger partial charge in [0.1, 0.15) is 0 Å². The lowest BCUT2D eigenvalue weighted by atomic mass is 10.1. The number of hydrogen-bond donors (Lipinski definition) is 1. The second-order valence-electron chi connectivity index (χ2n) is 4.46. The Kier molecular flexibility index (Phi) is 4.15. The first-order chi connectivity index (χ1) is 8.72. The SMILES string of the molecule is CCCn1cc(C(O)Cc2cnn(CC)c2)cn1. The molecule has 0 aromatic carbocycles. The summed E-state index contributed by atoms with van der Waals surface area (Å²) in [5.74, 6) is 0. The molecule has 18 heavy (non-hydrogen) atoms. The van der Waals surface area contributed by atoms with Gasteiger partial charge in [-0.3, -0.25) is 9.36 Å². The number of aryl methyl sites for hydroxylation is 2. The molecule has 1 unspecified atom stereocenters. The van der Waals surface area contributed by atoms with E-state index in [0.29, 0.717) is 6.42 Å². The molecule has 0 aliphatic carbocycles. The molecule has 0 aliphatic rings. The van der Waals surface area contributed by atoms with Crippen molar-refractivity contribution in [2.45, 2.75) is 45.9 Å². The maximum Gasteiger partial charge on any atom is 0.0861 e. The molecule has 0 saturated heterocycles. The predicted octanol–water partition coefficient (Wildman–Crippen LogP) is 1.79. The van der Waals surface area contributed by atoms with Crippen LogP contribution in [0, 0.1) is 0 Å². The first-order valence-electron chi connectivity index (χ1n) is 6.44. The van der Waals surface area contributed by atoms with Gasteiger partial charge in [-0.25, -0.2) is 0 Å². The van der Waals surface area contributed by atoms with E-state index < -0.39 is 6.10 Å². The molecule has 0 spiro atoms. The largest absolute Gasteiger partial charge is 0.388 e. The van der Waals surface area contributed by atoms with E-state index in [-0.39, 0.29) is 0 Å². The maximum absolute atomic E-state index is 10.1. The van der Waals surface area contributed by atoms with E-state index in [2.05, 4.69) is 17.1 Å². The van der Waals surface area contributed by atoms with Crippen LogP contribution >= 0.6 is 0 Å². The summed E-state index contributed by atoms with van der Waals surface area (Å²) in [6.45, 7) is 5.89. The summed E-state index contributed by atoms with van der Waals surface area (Å²) in [4.78, 5) is 0. The highest BCUT2D eigenvalue weighted by Crippen LogP contribution is 2.17. The van der Waals surface area contributed by atoms with Gasteiger partial charge in [0.2, 0.25) is 0 Å². The molecule has 2 heterocycles. The number of aliphatic hydroxyl groups is 1. The fourth-order valence-electron chi connectivity index (χ4n) is 1.93. The van der Waals surface area contributed by atoms with E-state index in [1.807, 2.05) is 34.9 Å². The topological polar surface area (TPSA) is 55.9 Å². The Bertz CT molecular complexity index is 489. The van der Waals surface area contributed by atoms with Gasteiger partial charge in [-0.1, -0.05) is 6.92 Å². The van der Waals surface area contributed by atoms with Gasteiger partial charge in [0.25, 0.3) is 0 Å². The Hall–Kier alpha value is -1.62. The lowest BCUT2D eigenvalue weighted by Gasteiger charge is -2.05. The third-order valence-electron chi connectivity index (χ3n) is 2.93. The van der Waals surface area contributed by atoms with Crippen LogP contribution in [0.1, 0.15) is 37.5 Å². The maximum atomic E-state index is 10.1. The summed E-state index contributed by atoms with van der Waals surface area (Å²) in [6, 6.07) is 0. The molecular formula is C13H20N4O. The zero-order valence-electron chi connectivity index (χ0n) is 11.0. The molecule has 0 radical (unpaired) electrons. The summed E-state index contributed by atoms with van der Waals surface area (Å²) in [5.41, 5.74) is 1.92. The monoisotopic (exact) mass is 248 g/mol. The van der Waals surface area contributed by atoms with Crippen LogP contribution in [0.5, 0.6) is 0 Å². The van der Waals surface area contributed by atoms with E-state index in [0.717, 1.165) is 30.6 Å². The average Bonchev–Trinajstić information content (AvgIpc) is 2.98. The first-order valence-corrected chi connectivity index (χ1v) is 6.44. The van der Waals surface area contributed by atoms with Crippen LogP contribution in [-0.2, 0) is 19.5 Å². The molecule has 0 aliphatic heterocycles. The van der Waals surface area contributed by atoms with Crippen molar-refractivity contribution in [2.24, 2.45) is 0 Å². The molecular weight excluding hydrogens is 228 g/mol. The minimum Gasteiger partial charge on any atom is -0.388 e. The highest BCUT2D eigenvalue weighted by atomic mass is 16.3. The van der Waals surface area contributed by atoms with Crippen molar-refractivity contribution in [3.63, 3.8) is 0 Å². The van der Waals surface area contributed by atoms with Crippen LogP contribution < -0.4 is 0 Å². The molecule has 2 aromatic heterocycles. The van der Waals surface area contributed by atoms with Gasteiger partial charge < -0.3 is 5.11 Å².